The fraction of sp³-hybridized carbons (Fsp3) is 0.273. The molecule has 1 heterocycles. The number of fused-ring (bicyclic) bond motifs is 1. The second kappa shape index (κ2) is 5.11. The Bertz CT molecular complexity index is 493. The molecule has 0 radical (unpaired) electrons. The molecule has 0 aliphatic carbocycles. The number of ether oxygens (including phenoxy) is 1. The largest absolute Gasteiger partial charge is 0.480 e. The summed E-state index contributed by atoms with van der Waals surface area (Å²) in [7, 11) is 1.47. The lowest BCUT2D eigenvalue weighted by molar-refractivity contribution is -0.139. The van der Waals surface area contributed by atoms with Crippen LogP contribution in [0.4, 0.5) is 5.13 Å². The van der Waals surface area contributed by atoms with Gasteiger partial charge < -0.3 is 15.2 Å². The summed E-state index contributed by atoms with van der Waals surface area (Å²) in [5.74, 6) is -0.953. The lowest BCUT2D eigenvalue weighted by Crippen LogP contribution is -2.33. The van der Waals surface area contributed by atoms with E-state index in [0.29, 0.717) is 5.13 Å². The molecular formula is C11H12N2O3S. The van der Waals surface area contributed by atoms with E-state index in [4.69, 9.17) is 9.84 Å². The van der Waals surface area contributed by atoms with Gasteiger partial charge in [-0.15, -0.1) is 0 Å². The molecule has 2 N–H and O–H groups in total. The molecule has 1 aromatic heterocycles. The first-order valence-corrected chi connectivity index (χ1v) is 5.86. The van der Waals surface area contributed by atoms with Gasteiger partial charge in [-0.05, 0) is 12.1 Å². The Labute approximate surface area is 102 Å². The van der Waals surface area contributed by atoms with E-state index < -0.39 is 12.0 Å². The maximum Gasteiger partial charge on any atom is 0.328 e. The molecule has 0 bridgehead atoms. The predicted molar refractivity (Wildman–Crippen MR) is 66.5 cm³/mol. The van der Waals surface area contributed by atoms with Gasteiger partial charge in [0, 0.05) is 7.11 Å². The van der Waals surface area contributed by atoms with E-state index in [0.717, 1.165) is 10.2 Å². The van der Waals surface area contributed by atoms with Crippen LogP contribution in [0, 0.1) is 0 Å². The van der Waals surface area contributed by atoms with Crippen LogP contribution in [0.1, 0.15) is 0 Å². The first-order chi connectivity index (χ1) is 8.20. The van der Waals surface area contributed by atoms with Crippen LogP contribution in [-0.4, -0.2) is 35.8 Å². The van der Waals surface area contributed by atoms with Crippen molar-refractivity contribution in [2.45, 2.75) is 6.04 Å². The molecule has 6 heteroatoms. The molecule has 0 saturated carbocycles. The number of carboxylic acids is 1. The van der Waals surface area contributed by atoms with Gasteiger partial charge in [0.25, 0.3) is 0 Å². The minimum atomic E-state index is -0.953. The molecule has 0 saturated heterocycles. The number of anilines is 1. The normalized spacial score (nSPS) is 12.5. The highest BCUT2D eigenvalue weighted by molar-refractivity contribution is 7.22. The number of methoxy groups -OCH3 is 1. The van der Waals surface area contributed by atoms with Gasteiger partial charge in [-0.2, -0.15) is 0 Å². The lowest BCUT2D eigenvalue weighted by atomic mass is 10.3. The summed E-state index contributed by atoms with van der Waals surface area (Å²) in [6.45, 7) is 0.102. The number of hydrogen-bond acceptors (Lipinski definition) is 5. The van der Waals surface area contributed by atoms with Gasteiger partial charge in [-0.1, -0.05) is 23.5 Å². The fourth-order valence-corrected chi connectivity index (χ4v) is 2.34. The summed E-state index contributed by atoms with van der Waals surface area (Å²) in [4.78, 5) is 15.2. The zero-order chi connectivity index (χ0) is 12.3. The van der Waals surface area contributed by atoms with E-state index in [1.54, 1.807) is 0 Å². The number of carboxylic acid groups (broad SMARTS) is 1. The quantitative estimate of drug-likeness (QED) is 0.849. The Morgan fingerprint density at radius 2 is 2.35 bits per heavy atom. The molecule has 1 unspecified atom stereocenters. The highest BCUT2D eigenvalue weighted by Gasteiger charge is 2.18. The van der Waals surface area contributed by atoms with Crippen LogP contribution in [0.5, 0.6) is 0 Å². The summed E-state index contributed by atoms with van der Waals surface area (Å²) < 4.78 is 5.87. The van der Waals surface area contributed by atoms with E-state index in [9.17, 15) is 4.79 Å². The van der Waals surface area contributed by atoms with Crippen molar-refractivity contribution in [3.63, 3.8) is 0 Å². The maximum atomic E-state index is 10.9. The molecule has 0 aliphatic heterocycles. The number of aliphatic carboxylic acids is 1. The van der Waals surface area contributed by atoms with Crippen molar-refractivity contribution in [2.24, 2.45) is 0 Å². The number of para-hydroxylation sites is 1. The van der Waals surface area contributed by atoms with Crippen LogP contribution in [0.3, 0.4) is 0 Å². The summed E-state index contributed by atoms with van der Waals surface area (Å²) in [6, 6.07) is 6.89. The predicted octanol–water partition coefficient (Wildman–Crippen LogP) is 1.81. The summed E-state index contributed by atoms with van der Waals surface area (Å²) in [5, 5.41) is 12.4. The van der Waals surface area contributed by atoms with Crippen molar-refractivity contribution < 1.29 is 14.6 Å². The topological polar surface area (TPSA) is 71.5 Å². The minimum absolute atomic E-state index is 0.102. The molecule has 5 nitrogen and oxygen atoms in total. The zero-order valence-electron chi connectivity index (χ0n) is 9.21. The van der Waals surface area contributed by atoms with Crippen LogP contribution in [0.25, 0.3) is 10.2 Å². The van der Waals surface area contributed by atoms with Gasteiger partial charge in [0.1, 0.15) is 6.04 Å². The van der Waals surface area contributed by atoms with Gasteiger partial charge in [-0.25, -0.2) is 9.78 Å². The first-order valence-electron chi connectivity index (χ1n) is 5.04. The average Bonchev–Trinajstić information content (AvgIpc) is 2.70. The van der Waals surface area contributed by atoms with Crippen molar-refractivity contribution in [3.8, 4) is 0 Å². The molecule has 2 aromatic rings. The van der Waals surface area contributed by atoms with Gasteiger partial charge in [0.05, 0.1) is 16.8 Å². The number of aromatic nitrogens is 1. The molecule has 17 heavy (non-hydrogen) atoms. The molecule has 90 valence electrons. The first kappa shape index (κ1) is 11.8. The Morgan fingerprint density at radius 1 is 1.59 bits per heavy atom. The second-order valence-corrected chi connectivity index (χ2v) is 4.51. The third-order valence-electron chi connectivity index (χ3n) is 2.22. The van der Waals surface area contributed by atoms with Crippen LogP contribution in [0.2, 0.25) is 0 Å². The van der Waals surface area contributed by atoms with Gasteiger partial charge in [-0.3, -0.25) is 0 Å². The zero-order valence-corrected chi connectivity index (χ0v) is 10.0. The molecule has 0 aliphatic rings. The summed E-state index contributed by atoms with van der Waals surface area (Å²) in [5.41, 5.74) is 0.863. The molecule has 1 atom stereocenters. The Kier molecular flexibility index (Phi) is 3.55. The van der Waals surface area contributed by atoms with Crippen LogP contribution in [0.15, 0.2) is 24.3 Å². The number of rotatable bonds is 5. The van der Waals surface area contributed by atoms with E-state index in [1.165, 1.54) is 18.4 Å². The summed E-state index contributed by atoms with van der Waals surface area (Å²) >= 11 is 1.43. The summed E-state index contributed by atoms with van der Waals surface area (Å²) in [6.07, 6.45) is 0. The molecular weight excluding hydrogens is 240 g/mol. The number of carbonyl (C=O) groups is 1. The number of nitrogens with one attached hydrogen (secondary N) is 1. The molecule has 0 amide bonds. The van der Waals surface area contributed by atoms with Crippen LogP contribution >= 0.6 is 11.3 Å². The lowest BCUT2D eigenvalue weighted by Gasteiger charge is -2.11. The fourth-order valence-electron chi connectivity index (χ4n) is 1.42. The third kappa shape index (κ3) is 2.72. The van der Waals surface area contributed by atoms with E-state index in [-0.39, 0.29) is 6.61 Å². The van der Waals surface area contributed by atoms with Crippen molar-refractivity contribution in [1.82, 2.24) is 4.98 Å². The third-order valence-corrected chi connectivity index (χ3v) is 3.19. The highest BCUT2D eigenvalue weighted by atomic mass is 32.1. The van der Waals surface area contributed by atoms with Gasteiger partial charge in [0.2, 0.25) is 0 Å². The maximum absolute atomic E-state index is 10.9. The van der Waals surface area contributed by atoms with Crippen molar-refractivity contribution in [2.75, 3.05) is 19.0 Å². The van der Waals surface area contributed by atoms with Crippen LogP contribution < -0.4 is 5.32 Å². The van der Waals surface area contributed by atoms with Gasteiger partial charge in [0.15, 0.2) is 5.13 Å². The minimum Gasteiger partial charge on any atom is -0.480 e. The number of benzene rings is 1. The van der Waals surface area contributed by atoms with Crippen molar-refractivity contribution >= 4 is 32.7 Å². The number of thiazole rings is 1. The van der Waals surface area contributed by atoms with E-state index in [1.807, 2.05) is 24.3 Å². The van der Waals surface area contributed by atoms with Crippen LogP contribution in [-0.2, 0) is 9.53 Å². The molecule has 2 rings (SSSR count). The average molecular weight is 252 g/mol. The Hall–Kier alpha value is -1.66. The van der Waals surface area contributed by atoms with Crippen molar-refractivity contribution in [3.05, 3.63) is 24.3 Å². The number of hydrogen-bond donors (Lipinski definition) is 2. The SMILES string of the molecule is COCC(Nc1nc2ccccc2s1)C(=O)O. The second-order valence-electron chi connectivity index (χ2n) is 3.48. The van der Waals surface area contributed by atoms with E-state index in [2.05, 4.69) is 10.3 Å². The Morgan fingerprint density at radius 3 is 3.00 bits per heavy atom. The molecule has 0 fully saturated rings. The highest BCUT2D eigenvalue weighted by Crippen LogP contribution is 2.25. The Balaban J connectivity index is 2.19. The van der Waals surface area contributed by atoms with Gasteiger partial charge >= 0.3 is 5.97 Å². The molecule has 1 aromatic carbocycles. The van der Waals surface area contributed by atoms with E-state index >= 15 is 0 Å². The monoisotopic (exact) mass is 252 g/mol. The van der Waals surface area contributed by atoms with Crippen molar-refractivity contribution in [1.29, 1.82) is 0 Å². The molecule has 0 spiro atoms. The standard InChI is InChI=1S/C11H12N2O3S/c1-16-6-8(10(14)15)13-11-12-7-4-2-3-5-9(7)17-11/h2-5,8H,6H2,1H3,(H,12,13)(H,14,15). The number of nitrogens with zero attached hydrogens (tertiary/aromatic N) is 1. The smallest absolute Gasteiger partial charge is 0.328 e.